The maximum atomic E-state index is 13.6. The molecule has 6 heteroatoms. The van der Waals surface area contributed by atoms with Crippen LogP contribution in [-0.2, 0) is 22.6 Å². The minimum atomic E-state index is -0.882. The minimum absolute atomic E-state index is 0.252. The Morgan fingerprint density at radius 3 is 2.08 bits per heavy atom. The van der Waals surface area contributed by atoms with E-state index in [0.29, 0.717) is 29.0 Å². The van der Waals surface area contributed by atoms with E-state index in [4.69, 9.17) is 9.47 Å². The number of amides is 1. The van der Waals surface area contributed by atoms with Crippen molar-refractivity contribution in [3.63, 3.8) is 0 Å². The summed E-state index contributed by atoms with van der Waals surface area (Å²) in [6.07, 6.45) is 0.252. The number of nitrogens with zero attached hydrogens (tertiary/aromatic N) is 1. The first-order valence-corrected chi connectivity index (χ1v) is 12.0. The van der Waals surface area contributed by atoms with Crippen LogP contribution in [0.25, 0.3) is 21.8 Å². The molecule has 184 valence electrons. The highest BCUT2D eigenvalue weighted by atomic mass is 16.5. The molecule has 1 amide bonds. The highest BCUT2D eigenvalue weighted by molar-refractivity contribution is 6.16. The van der Waals surface area contributed by atoms with Crippen molar-refractivity contribution in [3.8, 4) is 5.75 Å². The summed E-state index contributed by atoms with van der Waals surface area (Å²) in [6.45, 7) is 0.434. The van der Waals surface area contributed by atoms with Gasteiger partial charge in [0.15, 0.2) is 0 Å². The van der Waals surface area contributed by atoms with Gasteiger partial charge in [-0.3, -0.25) is 4.79 Å². The molecule has 37 heavy (non-hydrogen) atoms. The SMILES string of the molecule is COC(=O)[C@@H](Cc1cccc(OCc2ccccc2)c1)NC(=O)c1c2ccccc2nc2ccccc12. The van der Waals surface area contributed by atoms with Gasteiger partial charge in [-0.2, -0.15) is 0 Å². The minimum Gasteiger partial charge on any atom is -0.489 e. The number of pyridine rings is 1. The first-order valence-electron chi connectivity index (χ1n) is 12.0. The van der Waals surface area contributed by atoms with Crippen molar-refractivity contribution >= 4 is 33.7 Å². The summed E-state index contributed by atoms with van der Waals surface area (Å²) in [4.78, 5) is 31.1. The summed E-state index contributed by atoms with van der Waals surface area (Å²) in [6, 6.07) is 31.5. The molecule has 6 nitrogen and oxygen atoms in total. The molecule has 0 aliphatic carbocycles. The molecular weight excluding hydrogens is 464 g/mol. The quantitative estimate of drug-likeness (QED) is 0.230. The van der Waals surface area contributed by atoms with Crippen molar-refractivity contribution in [2.45, 2.75) is 19.1 Å². The third-order valence-corrected chi connectivity index (χ3v) is 6.19. The molecule has 4 aromatic carbocycles. The van der Waals surface area contributed by atoms with E-state index >= 15 is 0 Å². The molecule has 0 saturated heterocycles. The Labute approximate surface area is 214 Å². The van der Waals surface area contributed by atoms with Crippen molar-refractivity contribution < 1.29 is 19.1 Å². The van der Waals surface area contributed by atoms with Crippen LogP contribution < -0.4 is 10.1 Å². The van der Waals surface area contributed by atoms with Crippen LogP contribution >= 0.6 is 0 Å². The molecule has 0 unspecified atom stereocenters. The van der Waals surface area contributed by atoms with Crippen molar-refractivity contribution in [1.82, 2.24) is 10.3 Å². The summed E-state index contributed by atoms with van der Waals surface area (Å²) in [5.74, 6) is -0.198. The van der Waals surface area contributed by atoms with Gasteiger partial charge >= 0.3 is 5.97 Å². The fourth-order valence-electron chi connectivity index (χ4n) is 4.39. The van der Waals surface area contributed by atoms with Crippen LogP contribution in [0.3, 0.4) is 0 Å². The molecular formula is C31H26N2O4. The van der Waals surface area contributed by atoms with Crippen LogP contribution in [0, 0.1) is 0 Å². The maximum absolute atomic E-state index is 13.6. The Balaban J connectivity index is 1.40. The second kappa shape index (κ2) is 10.9. The number of aromatic nitrogens is 1. The second-order valence-electron chi connectivity index (χ2n) is 8.70. The molecule has 1 heterocycles. The predicted octanol–water partition coefficient (Wildman–Crippen LogP) is 5.48. The standard InChI is InChI=1S/C31H26N2O4/c1-36-31(35)28(19-22-12-9-13-23(18-22)37-20-21-10-3-2-4-11-21)33-30(34)29-24-14-5-7-16-26(24)32-27-17-8-6-15-25(27)29/h2-18,28H,19-20H2,1H3,(H,33,34)/t28-/m1/s1. The van der Waals surface area contributed by atoms with E-state index in [1.807, 2.05) is 103 Å². The van der Waals surface area contributed by atoms with Gasteiger partial charge in [0.05, 0.1) is 23.7 Å². The highest BCUT2D eigenvalue weighted by Crippen LogP contribution is 2.26. The maximum Gasteiger partial charge on any atom is 0.328 e. The number of hydrogen-bond donors (Lipinski definition) is 1. The summed E-state index contributed by atoms with van der Waals surface area (Å²) in [7, 11) is 1.32. The predicted molar refractivity (Wildman–Crippen MR) is 143 cm³/mol. The van der Waals surface area contributed by atoms with Gasteiger partial charge in [0.2, 0.25) is 0 Å². The van der Waals surface area contributed by atoms with Crippen molar-refractivity contribution in [1.29, 1.82) is 0 Å². The molecule has 0 saturated carbocycles. The molecule has 1 aromatic heterocycles. The first-order chi connectivity index (χ1) is 18.1. The van der Waals surface area contributed by atoms with Gasteiger partial charge in [0.25, 0.3) is 5.91 Å². The molecule has 0 spiro atoms. The number of ether oxygens (including phenoxy) is 2. The molecule has 5 aromatic rings. The lowest BCUT2D eigenvalue weighted by Gasteiger charge is -2.18. The molecule has 0 aliphatic rings. The van der Waals surface area contributed by atoms with Crippen LogP contribution in [0.2, 0.25) is 0 Å². The van der Waals surface area contributed by atoms with E-state index in [-0.39, 0.29) is 12.3 Å². The Bertz CT molecular complexity index is 1510. The molecule has 5 rings (SSSR count). The zero-order valence-corrected chi connectivity index (χ0v) is 20.4. The fourth-order valence-corrected chi connectivity index (χ4v) is 4.39. The number of esters is 1. The molecule has 1 atom stereocenters. The van der Waals surface area contributed by atoms with E-state index in [2.05, 4.69) is 10.3 Å². The number of benzene rings is 4. The summed E-state index contributed by atoms with van der Waals surface area (Å²) >= 11 is 0. The largest absolute Gasteiger partial charge is 0.489 e. The Morgan fingerprint density at radius 2 is 1.41 bits per heavy atom. The van der Waals surface area contributed by atoms with Crippen LogP contribution in [0.15, 0.2) is 103 Å². The molecule has 0 bridgehead atoms. The van der Waals surface area contributed by atoms with Crippen LogP contribution in [0.1, 0.15) is 21.5 Å². The van der Waals surface area contributed by atoms with Gasteiger partial charge in [0, 0.05) is 17.2 Å². The van der Waals surface area contributed by atoms with Gasteiger partial charge in [-0.15, -0.1) is 0 Å². The zero-order valence-electron chi connectivity index (χ0n) is 20.4. The van der Waals surface area contributed by atoms with E-state index in [1.165, 1.54) is 7.11 Å². The van der Waals surface area contributed by atoms with Crippen LogP contribution in [-0.4, -0.2) is 30.0 Å². The smallest absolute Gasteiger partial charge is 0.328 e. The summed E-state index contributed by atoms with van der Waals surface area (Å²) in [5.41, 5.74) is 3.80. The Morgan fingerprint density at radius 1 is 0.784 bits per heavy atom. The van der Waals surface area contributed by atoms with Gasteiger partial charge in [-0.1, -0.05) is 78.9 Å². The van der Waals surface area contributed by atoms with Crippen molar-refractivity contribution in [2.24, 2.45) is 0 Å². The highest BCUT2D eigenvalue weighted by Gasteiger charge is 2.25. The Hall–Kier alpha value is -4.71. The average Bonchev–Trinajstić information content (AvgIpc) is 2.94. The van der Waals surface area contributed by atoms with Gasteiger partial charge < -0.3 is 14.8 Å². The fraction of sp³-hybridized carbons (Fsp3) is 0.129. The number of nitrogens with one attached hydrogen (secondary N) is 1. The monoisotopic (exact) mass is 490 g/mol. The first kappa shape index (κ1) is 24.0. The van der Waals surface area contributed by atoms with Crippen molar-refractivity contribution in [2.75, 3.05) is 7.11 Å². The Kier molecular flexibility index (Phi) is 7.08. The number of rotatable bonds is 8. The van der Waals surface area contributed by atoms with Crippen LogP contribution in [0.4, 0.5) is 0 Å². The zero-order chi connectivity index (χ0) is 25.6. The van der Waals surface area contributed by atoms with E-state index in [1.54, 1.807) is 0 Å². The third-order valence-electron chi connectivity index (χ3n) is 6.19. The van der Waals surface area contributed by atoms with Crippen molar-refractivity contribution in [3.05, 3.63) is 120 Å². The van der Waals surface area contributed by atoms with E-state index in [0.717, 1.165) is 21.9 Å². The van der Waals surface area contributed by atoms with Gasteiger partial charge in [0.1, 0.15) is 18.4 Å². The average molecular weight is 491 g/mol. The lowest BCUT2D eigenvalue weighted by molar-refractivity contribution is -0.142. The van der Waals surface area contributed by atoms with E-state index < -0.39 is 12.0 Å². The number of hydrogen-bond acceptors (Lipinski definition) is 5. The number of methoxy groups -OCH3 is 1. The topological polar surface area (TPSA) is 77.5 Å². The van der Waals surface area contributed by atoms with Crippen LogP contribution in [0.5, 0.6) is 5.75 Å². The molecule has 0 fully saturated rings. The van der Waals surface area contributed by atoms with E-state index in [9.17, 15) is 9.59 Å². The molecule has 1 N–H and O–H groups in total. The second-order valence-corrected chi connectivity index (χ2v) is 8.70. The summed E-state index contributed by atoms with van der Waals surface area (Å²) in [5, 5.41) is 4.35. The summed E-state index contributed by atoms with van der Waals surface area (Å²) < 4.78 is 11.0. The normalized spacial score (nSPS) is 11.7. The number of carbonyl (C=O) groups excluding carboxylic acids is 2. The lowest BCUT2D eigenvalue weighted by atomic mass is 10.0. The van der Waals surface area contributed by atoms with Gasteiger partial charge in [-0.05, 0) is 35.4 Å². The lowest BCUT2D eigenvalue weighted by Crippen LogP contribution is -2.43. The number of para-hydroxylation sites is 2. The molecule has 0 radical (unpaired) electrons. The molecule has 0 aliphatic heterocycles. The number of carbonyl (C=O) groups is 2. The number of fused-ring (bicyclic) bond motifs is 2. The van der Waals surface area contributed by atoms with Gasteiger partial charge in [-0.25, -0.2) is 9.78 Å². The third kappa shape index (κ3) is 5.43.